The van der Waals surface area contributed by atoms with Gasteiger partial charge in [-0.05, 0) is 34.7 Å². The summed E-state index contributed by atoms with van der Waals surface area (Å²) in [5.41, 5.74) is 0. The van der Waals surface area contributed by atoms with Crippen LogP contribution in [0.25, 0.3) is 0 Å². The van der Waals surface area contributed by atoms with Gasteiger partial charge >= 0.3 is 0 Å². The largest absolute Gasteiger partial charge is 0.485 e. The number of hydrogen-bond acceptors (Lipinski definition) is 4. The van der Waals surface area contributed by atoms with E-state index in [1.54, 1.807) is 6.07 Å². The Balaban J connectivity index is 2.23. The molecule has 1 atom stereocenters. The van der Waals surface area contributed by atoms with Gasteiger partial charge in [-0.2, -0.15) is 0 Å². The van der Waals surface area contributed by atoms with E-state index in [1.807, 2.05) is 22.6 Å². The van der Waals surface area contributed by atoms with Gasteiger partial charge in [-0.3, -0.25) is 4.79 Å². The number of rotatable bonds is 5. The van der Waals surface area contributed by atoms with Gasteiger partial charge in [0.05, 0.1) is 6.61 Å². The van der Waals surface area contributed by atoms with Gasteiger partial charge < -0.3 is 19.9 Å². The Hall–Kier alpha value is -1.09. The summed E-state index contributed by atoms with van der Waals surface area (Å²) in [5, 5.41) is 11.4. The van der Waals surface area contributed by atoms with Crippen molar-refractivity contribution in [3.8, 4) is 11.5 Å². The monoisotopic (exact) mass is 381 g/mol. The lowest BCUT2D eigenvalue weighted by molar-refractivity contribution is -0.124. The van der Waals surface area contributed by atoms with Crippen LogP contribution in [0.3, 0.4) is 0 Å². The molecule has 0 spiro atoms. The highest BCUT2D eigenvalue weighted by atomic mass is 127. The van der Waals surface area contributed by atoms with E-state index >= 15 is 0 Å². The number of carbonyl (C=O) groups is 1. The maximum atomic E-state index is 13.8. The number of amides is 1. The van der Waals surface area contributed by atoms with Crippen LogP contribution in [0.4, 0.5) is 4.39 Å². The van der Waals surface area contributed by atoms with E-state index < -0.39 is 11.9 Å². The molecule has 0 aliphatic carbocycles. The first kappa shape index (κ1) is 14.3. The Morgan fingerprint density at radius 1 is 1.53 bits per heavy atom. The highest BCUT2D eigenvalue weighted by molar-refractivity contribution is 14.1. The highest BCUT2D eigenvalue weighted by Crippen LogP contribution is 2.33. The zero-order valence-electron chi connectivity index (χ0n) is 9.99. The summed E-state index contributed by atoms with van der Waals surface area (Å²) >= 11 is 1.95. The fraction of sp³-hybridized carbons (Fsp3) is 0.417. The lowest BCUT2D eigenvalue weighted by Gasteiger charge is -2.16. The molecule has 1 saturated heterocycles. The van der Waals surface area contributed by atoms with E-state index in [0.29, 0.717) is 16.5 Å². The van der Waals surface area contributed by atoms with Gasteiger partial charge in [0.1, 0.15) is 6.61 Å². The summed E-state index contributed by atoms with van der Waals surface area (Å²) in [4.78, 5) is 11.5. The maximum absolute atomic E-state index is 13.8. The summed E-state index contributed by atoms with van der Waals surface area (Å²) in [7, 11) is 0. The molecule has 1 aromatic carbocycles. The van der Waals surface area contributed by atoms with Crippen LogP contribution in [0, 0.1) is 9.39 Å². The van der Waals surface area contributed by atoms with Gasteiger partial charge in [-0.15, -0.1) is 0 Å². The number of hydrogen-bond donors (Lipinski definition) is 2. The summed E-state index contributed by atoms with van der Waals surface area (Å²) in [6, 6.07) is 2.90. The molecule has 1 heterocycles. The van der Waals surface area contributed by atoms with E-state index in [0.717, 1.165) is 0 Å². The van der Waals surface area contributed by atoms with Gasteiger partial charge in [0, 0.05) is 16.5 Å². The number of nitrogens with one attached hydrogen (secondary N) is 1. The van der Waals surface area contributed by atoms with Crippen LogP contribution >= 0.6 is 22.6 Å². The molecule has 0 bridgehead atoms. The Morgan fingerprint density at radius 2 is 2.32 bits per heavy atom. The third-order valence-electron chi connectivity index (χ3n) is 2.58. The molecule has 1 aliphatic rings. The summed E-state index contributed by atoms with van der Waals surface area (Å²) in [6.45, 7) is 0.280. The topological polar surface area (TPSA) is 67.8 Å². The normalized spacial score (nSPS) is 18.3. The van der Waals surface area contributed by atoms with Gasteiger partial charge in [-0.1, -0.05) is 0 Å². The summed E-state index contributed by atoms with van der Waals surface area (Å²) < 4.78 is 25.1. The average Bonchev–Trinajstić information content (AvgIpc) is 2.74. The van der Waals surface area contributed by atoms with Crippen molar-refractivity contribution in [2.45, 2.75) is 12.5 Å². The standard InChI is InChI=1S/C12H13FINO4/c13-8-5-7(14)6-10(11(8)18-4-3-16)19-9-1-2-15-12(9)17/h5-6,9,16H,1-4H2,(H,15,17). The Bertz CT molecular complexity index is 483. The van der Waals surface area contributed by atoms with E-state index in [-0.39, 0.29) is 30.6 Å². The summed E-state index contributed by atoms with van der Waals surface area (Å²) in [5.74, 6) is -0.685. The highest BCUT2D eigenvalue weighted by Gasteiger charge is 2.27. The van der Waals surface area contributed by atoms with Crippen molar-refractivity contribution in [3.05, 3.63) is 21.5 Å². The lowest BCUT2D eigenvalue weighted by atomic mass is 10.2. The molecule has 2 N–H and O–H groups in total. The lowest BCUT2D eigenvalue weighted by Crippen LogP contribution is -2.28. The van der Waals surface area contributed by atoms with Crippen molar-refractivity contribution in [1.29, 1.82) is 0 Å². The zero-order valence-corrected chi connectivity index (χ0v) is 12.1. The van der Waals surface area contributed by atoms with Crippen molar-refractivity contribution < 1.29 is 23.8 Å². The number of ether oxygens (including phenoxy) is 2. The Labute approximate surface area is 123 Å². The van der Waals surface area contributed by atoms with Crippen molar-refractivity contribution in [2.75, 3.05) is 19.8 Å². The van der Waals surface area contributed by atoms with Crippen LogP contribution in [0.15, 0.2) is 12.1 Å². The molecule has 7 heteroatoms. The van der Waals surface area contributed by atoms with Crippen LogP contribution in [-0.2, 0) is 4.79 Å². The predicted octanol–water partition coefficient (Wildman–Crippen LogP) is 1.07. The molecule has 1 fully saturated rings. The predicted molar refractivity (Wildman–Crippen MR) is 73.7 cm³/mol. The first-order valence-electron chi connectivity index (χ1n) is 5.79. The molecular formula is C12H13FINO4. The molecule has 0 saturated carbocycles. The Kier molecular flexibility index (Phi) is 4.81. The van der Waals surface area contributed by atoms with Crippen LogP contribution in [0.2, 0.25) is 0 Å². The van der Waals surface area contributed by atoms with E-state index in [9.17, 15) is 9.18 Å². The minimum atomic E-state index is -0.630. The first-order chi connectivity index (χ1) is 9.11. The molecule has 5 nitrogen and oxygen atoms in total. The quantitative estimate of drug-likeness (QED) is 0.749. The molecule has 1 unspecified atom stereocenters. The van der Waals surface area contributed by atoms with Crippen LogP contribution in [0.1, 0.15) is 6.42 Å². The minimum Gasteiger partial charge on any atom is -0.485 e. The third kappa shape index (κ3) is 3.47. The number of carbonyl (C=O) groups excluding carboxylic acids is 1. The molecule has 1 amide bonds. The van der Waals surface area contributed by atoms with E-state index in [4.69, 9.17) is 14.6 Å². The fourth-order valence-corrected chi connectivity index (χ4v) is 2.31. The zero-order chi connectivity index (χ0) is 13.8. The van der Waals surface area contributed by atoms with Crippen molar-refractivity contribution in [2.24, 2.45) is 0 Å². The smallest absolute Gasteiger partial charge is 0.261 e. The number of benzene rings is 1. The molecule has 0 radical (unpaired) electrons. The second-order valence-corrected chi connectivity index (χ2v) is 5.22. The van der Waals surface area contributed by atoms with Crippen molar-refractivity contribution in [1.82, 2.24) is 5.32 Å². The number of halogens is 2. The number of aliphatic hydroxyl groups is 1. The SMILES string of the molecule is O=C1NCCC1Oc1cc(I)cc(F)c1OCCO. The molecule has 104 valence electrons. The molecule has 1 aromatic rings. The molecule has 1 aliphatic heterocycles. The van der Waals surface area contributed by atoms with Gasteiger partial charge in [-0.25, -0.2) is 4.39 Å². The van der Waals surface area contributed by atoms with E-state index in [2.05, 4.69) is 5.32 Å². The molecule has 2 rings (SSSR count). The minimum absolute atomic E-state index is 0.0370. The molecule has 0 aromatic heterocycles. The first-order valence-corrected chi connectivity index (χ1v) is 6.86. The van der Waals surface area contributed by atoms with Crippen molar-refractivity contribution >= 4 is 28.5 Å². The molecule has 19 heavy (non-hydrogen) atoms. The van der Waals surface area contributed by atoms with Gasteiger partial charge in [0.2, 0.25) is 0 Å². The molecular weight excluding hydrogens is 368 g/mol. The van der Waals surface area contributed by atoms with Crippen LogP contribution in [-0.4, -0.2) is 36.9 Å². The van der Waals surface area contributed by atoms with E-state index in [1.165, 1.54) is 6.07 Å². The van der Waals surface area contributed by atoms with Crippen LogP contribution < -0.4 is 14.8 Å². The van der Waals surface area contributed by atoms with Gasteiger partial charge in [0.25, 0.3) is 5.91 Å². The summed E-state index contributed by atoms with van der Waals surface area (Å²) in [6.07, 6.45) is -0.0974. The maximum Gasteiger partial charge on any atom is 0.261 e. The van der Waals surface area contributed by atoms with Crippen molar-refractivity contribution in [3.63, 3.8) is 0 Å². The number of aliphatic hydroxyl groups excluding tert-OH is 1. The Morgan fingerprint density at radius 3 is 2.95 bits per heavy atom. The second-order valence-electron chi connectivity index (χ2n) is 3.97. The average molecular weight is 381 g/mol. The third-order valence-corrected chi connectivity index (χ3v) is 3.20. The van der Waals surface area contributed by atoms with Gasteiger partial charge in [0.15, 0.2) is 23.4 Å². The second kappa shape index (κ2) is 6.38. The van der Waals surface area contributed by atoms with Crippen LogP contribution in [0.5, 0.6) is 11.5 Å². The fourth-order valence-electron chi connectivity index (χ4n) is 1.75.